The highest BCUT2D eigenvalue weighted by molar-refractivity contribution is 5.79. The summed E-state index contributed by atoms with van der Waals surface area (Å²) in [6.45, 7) is 6.29. The first-order valence-corrected chi connectivity index (χ1v) is 8.00. The largest absolute Gasteiger partial charge is 0.381 e. The van der Waals surface area contributed by atoms with Gasteiger partial charge in [-0.3, -0.25) is 4.99 Å². The van der Waals surface area contributed by atoms with Crippen molar-refractivity contribution in [2.75, 3.05) is 39.9 Å². The quantitative estimate of drug-likeness (QED) is 0.647. The van der Waals surface area contributed by atoms with E-state index in [2.05, 4.69) is 29.2 Å². The third-order valence-corrected chi connectivity index (χ3v) is 3.83. The van der Waals surface area contributed by atoms with Gasteiger partial charge in [0, 0.05) is 39.2 Å². The summed E-state index contributed by atoms with van der Waals surface area (Å²) in [6, 6.07) is 6.63. The van der Waals surface area contributed by atoms with Crippen molar-refractivity contribution in [3.8, 4) is 0 Å². The Labute approximate surface area is 132 Å². The van der Waals surface area contributed by atoms with Crippen molar-refractivity contribution in [2.45, 2.75) is 19.8 Å². The fraction of sp³-hybridized carbons (Fsp3) is 0.588. The lowest BCUT2D eigenvalue weighted by atomic mass is 10.1. The van der Waals surface area contributed by atoms with Crippen LogP contribution in [-0.4, -0.2) is 50.8 Å². The van der Waals surface area contributed by atoms with Crippen molar-refractivity contribution < 1.29 is 9.13 Å². The summed E-state index contributed by atoms with van der Waals surface area (Å²) in [6.07, 6.45) is 1.94. The van der Waals surface area contributed by atoms with Gasteiger partial charge in [0.15, 0.2) is 5.96 Å². The summed E-state index contributed by atoms with van der Waals surface area (Å²) < 4.78 is 18.3. The van der Waals surface area contributed by atoms with Crippen LogP contribution in [0.4, 0.5) is 4.39 Å². The standard InChI is InChI=1S/C17H26FN3O/c1-3-19-17(21(2)12-15-9-11-22-13-15)20-10-8-14-4-6-16(18)7-5-14/h4-7,15H,3,8-13H2,1-2H3,(H,19,20). The van der Waals surface area contributed by atoms with E-state index < -0.39 is 0 Å². The average molecular weight is 307 g/mol. The zero-order chi connectivity index (χ0) is 15.8. The molecule has 0 aromatic heterocycles. The highest BCUT2D eigenvalue weighted by Gasteiger charge is 2.18. The molecule has 122 valence electrons. The van der Waals surface area contributed by atoms with E-state index in [9.17, 15) is 4.39 Å². The van der Waals surface area contributed by atoms with Gasteiger partial charge in [0.05, 0.1) is 6.61 Å². The Morgan fingerprint density at radius 1 is 1.41 bits per heavy atom. The number of ether oxygens (including phenoxy) is 1. The molecule has 1 aliphatic heterocycles. The Hall–Kier alpha value is -1.62. The van der Waals surface area contributed by atoms with Gasteiger partial charge in [0.25, 0.3) is 0 Å². The van der Waals surface area contributed by atoms with Crippen LogP contribution >= 0.6 is 0 Å². The van der Waals surface area contributed by atoms with Gasteiger partial charge < -0.3 is 15.0 Å². The molecule has 22 heavy (non-hydrogen) atoms. The van der Waals surface area contributed by atoms with Crippen molar-refractivity contribution in [3.05, 3.63) is 35.6 Å². The number of guanidine groups is 1. The highest BCUT2D eigenvalue weighted by atomic mass is 19.1. The number of rotatable bonds is 6. The van der Waals surface area contributed by atoms with Crippen molar-refractivity contribution in [3.63, 3.8) is 0 Å². The minimum atomic E-state index is -0.195. The van der Waals surface area contributed by atoms with Crippen LogP contribution in [0.25, 0.3) is 0 Å². The molecule has 1 aromatic rings. The summed E-state index contributed by atoms with van der Waals surface area (Å²) in [5.74, 6) is 1.32. The molecule has 1 aliphatic rings. The molecule has 5 heteroatoms. The summed E-state index contributed by atoms with van der Waals surface area (Å²) >= 11 is 0. The van der Waals surface area contributed by atoms with E-state index in [1.54, 1.807) is 0 Å². The molecule has 0 radical (unpaired) electrons. The van der Waals surface area contributed by atoms with Crippen LogP contribution in [0.2, 0.25) is 0 Å². The van der Waals surface area contributed by atoms with E-state index in [4.69, 9.17) is 4.74 Å². The van der Waals surface area contributed by atoms with Crippen LogP contribution in [0.3, 0.4) is 0 Å². The van der Waals surface area contributed by atoms with Crippen molar-refractivity contribution >= 4 is 5.96 Å². The first-order valence-electron chi connectivity index (χ1n) is 8.00. The SMILES string of the molecule is CCNC(=NCCc1ccc(F)cc1)N(C)CC1CCOC1. The molecule has 2 rings (SSSR count). The second kappa shape index (κ2) is 8.73. The monoisotopic (exact) mass is 307 g/mol. The molecule has 1 fully saturated rings. The van der Waals surface area contributed by atoms with E-state index >= 15 is 0 Å². The van der Waals surface area contributed by atoms with Crippen LogP contribution in [0.5, 0.6) is 0 Å². The maximum Gasteiger partial charge on any atom is 0.193 e. The molecule has 0 bridgehead atoms. The van der Waals surface area contributed by atoms with Crippen LogP contribution < -0.4 is 5.32 Å². The fourth-order valence-electron chi connectivity index (χ4n) is 2.61. The second-order valence-electron chi connectivity index (χ2n) is 5.72. The van der Waals surface area contributed by atoms with E-state index in [1.807, 2.05) is 12.1 Å². The smallest absolute Gasteiger partial charge is 0.193 e. The molecule has 0 aliphatic carbocycles. The first-order chi connectivity index (χ1) is 10.7. The fourth-order valence-corrected chi connectivity index (χ4v) is 2.61. The van der Waals surface area contributed by atoms with Gasteiger partial charge in [0.2, 0.25) is 0 Å². The van der Waals surface area contributed by atoms with E-state index in [0.29, 0.717) is 12.5 Å². The molecule has 1 saturated heterocycles. The van der Waals surface area contributed by atoms with E-state index in [1.165, 1.54) is 12.1 Å². The molecule has 0 spiro atoms. The lowest BCUT2D eigenvalue weighted by Crippen LogP contribution is -2.41. The minimum Gasteiger partial charge on any atom is -0.381 e. The lowest BCUT2D eigenvalue weighted by Gasteiger charge is -2.24. The van der Waals surface area contributed by atoms with Gasteiger partial charge in [-0.05, 0) is 37.5 Å². The molecule has 1 aromatic carbocycles. The Kier molecular flexibility index (Phi) is 6.65. The van der Waals surface area contributed by atoms with Crippen molar-refractivity contribution in [1.29, 1.82) is 0 Å². The van der Waals surface area contributed by atoms with Gasteiger partial charge in [-0.15, -0.1) is 0 Å². The molecule has 1 unspecified atom stereocenters. The first kappa shape index (κ1) is 16.7. The van der Waals surface area contributed by atoms with E-state index in [-0.39, 0.29) is 5.82 Å². The summed E-state index contributed by atoms with van der Waals surface area (Å²) in [5.41, 5.74) is 1.10. The molecule has 1 atom stereocenters. The van der Waals surface area contributed by atoms with Crippen LogP contribution in [0.15, 0.2) is 29.3 Å². The molecular weight excluding hydrogens is 281 g/mol. The van der Waals surface area contributed by atoms with Gasteiger partial charge in [0.1, 0.15) is 5.82 Å². The van der Waals surface area contributed by atoms with E-state index in [0.717, 1.165) is 50.7 Å². The number of hydrogen-bond acceptors (Lipinski definition) is 2. The maximum absolute atomic E-state index is 12.9. The molecular formula is C17H26FN3O. The zero-order valence-electron chi connectivity index (χ0n) is 13.5. The van der Waals surface area contributed by atoms with Gasteiger partial charge >= 0.3 is 0 Å². The van der Waals surface area contributed by atoms with Crippen molar-refractivity contribution in [1.82, 2.24) is 10.2 Å². The number of nitrogens with one attached hydrogen (secondary N) is 1. The topological polar surface area (TPSA) is 36.9 Å². The number of hydrogen-bond donors (Lipinski definition) is 1. The molecule has 1 N–H and O–H groups in total. The Morgan fingerprint density at radius 2 is 2.18 bits per heavy atom. The zero-order valence-corrected chi connectivity index (χ0v) is 13.5. The predicted octanol–water partition coefficient (Wildman–Crippen LogP) is 2.30. The van der Waals surface area contributed by atoms with Gasteiger partial charge in [-0.25, -0.2) is 4.39 Å². The van der Waals surface area contributed by atoms with Crippen LogP contribution in [0, 0.1) is 11.7 Å². The maximum atomic E-state index is 12.9. The average Bonchev–Trinajstić information content (AvgIpc) is 3.01. The number of aliphatic imine (C=N–C) groups is 1. The van der Waals surface area contributed by atoms with Gasteiger partial charge in [-0.1, -0.05) is 12.1 Å². The van der Waals surface area contributed by atoms with Gasteiger partial charge in [-0.2, -0.15) is 0 Å². The molecule has 1 heterocycles. The molecule has 4 nitrogen and oxygen atoms in total. The summed E-state index contributed by atoms with van der Waals surface area (Å²) in [7, 11) is 2.07. The number of nitrogens with zero attached hydrogens (tertiary/aromatic N) is 2. The summed E-state index contributed by atoms with van der Waals surface area (Å²) in [5, 5.41) is 3.33. The Morgan fingerprint density at radius 3 is 2.82 bits per heavy atom. The predicted molar refractivity (Wildman–Crippen MR) is 87.6 cm³/mol. The van der Waals surface area contributed by atoms with Crippen LogP contribution in [-0.2, 0) is 11.2 Å². The Balaban J connectivity index is 1.86. The Bertz CT molecular complexity index is 469. The highest BCUT2D eigenvalue weighted by Crippen LogP contribution is 2.13. The minimum absolute atomic E-state index is 0.195. The van der Waals surface area contributed by atoms with Crippen LogP contribution in [0.1, 0.15) is 18.9 Å². The lowest BCUT2D eigenvalue weighted by molar-refractivity contribution is 0.181. The number of halogens is 1. The normalized spacial score (nSPS) is 18.5. The molecule has 0 amide bonds. The van der Waals surface area contributed by atoms with Crippen molar-refractivity contribution in [2.24, 2.45) is 10.9 Å². The third-order valence-electron chi connectivity index (χ3n) is 3.83. The number of benzene rings is 1. The third kappa shape index (κ3) is 5.30. The summed E-state index contributed by atoms with van der Waals surface area (Å²) in [4.78, 5) is 6.84. The second-order valence-corrected chi connectivity index (χ2v) is 5.72. The molecule has 0 saturated carbocycles.